The van der Waals surface area contributed by atoms with Crippen molar-refractivity contribution in [3.05, 3.63) is 41.8 Å². The summed E-state index contributed by atoms with van der Waals surface area (Å²) in [4.78, 5) is 1.05. The molecule has 2 aromatic heterocycles. The van der Waals surface area contributed by atoms with Crippen LogP contribution in [0, 0.1) is 0 Å². The summed E-state index contributed by atoms with van der Waals surface area (Å²) in [5.41, 5.74) is 0.788. The van der Waals surface area contributed by atoms with Crippen molar-refractivity contribution in [3.8, 4) is 27.1 Å². The van der Waals surface area contributed by atoms with Gasteiger partial charge in [-0.3, -0.25) is 0 Å². The summed E-state index contributed by atoms with van der Waals surface area (Å²) in [6.45, 7) is 0. The normalized spacial score (nSPS) is 10.4. The van der Waals surface area contributed by atoms with Gasteiger partial charge in [-0.2, -0.15) is 0 Å². The SMILES string of the molecule is COc1ccc(Oc2snnc2-c2cccs2)cc1. The molecule has 96 valence electrons. The number of methoxy groups -OCH3 is 1. The molecule has 6 heteroatoms. The minimum Gasteiger partial charge on any atom is -0.497 e. The molecule has 4 nitrogen and oxygen atoms in total. The van der Waals surface area contributed by atoms with Crippen molar-refractivity contribution in [2.45, 2.75) is 0 Å². The van der Waals surface area contributed by atoms with Crippen LogP contribution in [0.3, 0.4) is 0 Å². The molecule has 0 saturated heterocycles. The van der Waals surface area contributed by atoms with E-state index in [0.29, 0.717) is 5.06 Å². The first-order valence-electron chi connectivity index (χ1n) is 5.55. The molecular formula is C13H10N2O2S2. The molecule has 0 amide bonds. The molecule has 0 unspecified atom stereocenters. The van der Waals surface area contributed by atoms with Crippen LogP contribution in [-0.2, 0) is 0 Å². The zero-order valence-electron chi connectivity index (χ0n) is 10.1. The Kier molecular flexibility index (Phi) is 3.43. The summed E-state index contributed by atoms with van der Waals surface area (Å²) in [6, 6.07) is 11.4. The highest BCUT2D eigenvalue weighted by molar-refractivity contribution is 7.14. The Morgan fingerprint density at radius 2 is 1.84 bits per heavy atom. The maximum atomic E-state index is 5.82. The van der Waals surface area contributed by atoms with Crippen LogP contribution in [0.1, 0.15) is 0 Å². The smallest absolute Gasteiger partial charge is 0.229 e. The second-order valence-corrected chi connectivity index (χ2v) is 5.33. The fourth-order valence-electron chi connectivity index (χ4n) is 1.56. The molecule has 0 bridgehead atoms. The van der Waals surface area contributed by atoms with E-state index in [2.05, 4.69) is 9.59 Å². The molecule has 3 rings (SSSR count). The lowest BCUT2D eigenvalue weighted by Crippen LogP contribution is -1.85. The minimum absolute atomic E-state index is 0.701. The zero-order valence-corrected chi connectivity index (χ0v) is 11.7. The van der Waals surface area contributed by atoms with Crippen LogP contribution in [0.25, 0.3) is 10.6 Å². The van der Waals surface area contributed by atoms with E-state index in [-0.39, 0.29) is 0 Å². The standard InChI is InChI=1S/C13H10N2O2S2/c1-16-9-4-6-10(7-5-9)17-13-12(14-15-19-13)11-3-2-8-18-11/h2-8H,1H3. The lowest BCUT2D eigenvalue weighted by molar-refractivity contribution is 0.413. The van der Waals surface area contributed by atoms with Crippen molar-refractivity contribution in [1.29, 1.82) is 0 Å². The van der Waals surface area contributed by atoms with Crippen LogP contribution in [0.2, 0.25) is 0 Å². The Balaban J connectivity index is 1.85. The van der Waals surface area contributed by atoms with Crippen molar-refractivity contribution in [3.63, 3.8) is 0 Å². The molecule has 3 aromatic rings. The van der Waals surface area contributed by atoms with E-state index in [1.807, 2.05) is 41.8 Å². The van der Waals surface area contributed by atoms with Crippen LogP contribution < -0.4 is 9.47 Å². The number of rotatable bonds is 4. The van der Waals surface area contributed by atoms with Gasteiger partial charge < -0.3 is 9.47 Å². The first kappa shape index (κ1) is 12.1. The highest BCUT2D eigenvalue weighted by Crippen LogP contribution is 2.36. The van der Waals surface area contributed by atoms with Crippen molar-refractivity contribution in [1.82, 2.24) is 9.59 Å². The molecule has 0 spiro atoms. The summed E-state index contributed by atoms with van der Waals surface area (Å²) in [5, 5.41) is 6.83. The van der Waals surface area contributed by atoms with Gasteiger partial charge in [0.05, 0.1) is 12.0 Å². The Hall–Kier alpha value is -1.92. The molecule has 0 N–H and O–H groups in total. The topological polar surface area (TPSA) is 44.2 Å². The third-order valence-corrected chi connectivity index (χ3v) is 3.96. The highest BCUT2D eigenvalue weighted by Gasteiger charge is 2.13. The molecule has 0 fully saturated rings. The van der Waals surface area contributed by atoms with E-state index in [9.17, 15) is 0 Å². The minimum atomic E-state index is 0.701. The van der Waals surface area contributed by atoms with Gasteiger partial charge in [0.15, 0.2) is 5.69 Å². The second-order valence-electron chi connectivity index (χ2n) is 3.66. The van der Waals surface area contributed by atoms with Crippen molar-refractivity contribution in [2.75, 3.05) is 7.11 Å². The first-order chi connectivity index (χ1) is 9.36. The molecule has 0 aliphatic rings. The number of nitrogens with zero attached hydrogens (tertiary/aromatic N) is 2. The molecule has 2 heterocycles. The summed E-state index contributed by atoms with van der Waals surface area (Å²) in [6.07, 6.45) is 0. The molecule has 1 aromatic carbocycles. The maximum absolute atomic E-state index is 5.82. The number of hydrogen-bond donors (Lipinski definition) is 0. The first-order valence-corrected chi connectivity index (χ1v) is 7.20. The summed E-state index contributed by atoms with van der Waals surface area (Å²) in [7, 11) is 1.64. The molecular weight excluding hydrogens is 280 g/mol. The Morgan fingerprint density at radius 3 is 2.53 bits per heavy atom. The average Bonchev–Trinajstić information content (AvgIpc) is 3.10. The summed E-state index contributed by atoms with van der Waals surface area (Å²) in [5.74, 6) is 1.54. The van der Waals surface area contributed by atoms with E-state index in [1.54, 1.807) is 18.4 Å². The van der Waals surface area contributed by atoms with Gasteiger partial charge in [0.1, 0.15) is 11.5 Å². The van der Waals surface area contributed by atoms with Crippen molar-refractivity contribution in [2.24, 2.45) is 0 Å². The Labute approximate surface area is 118 Å². The van der Waals surface area contributed by atoms with Gasteiger partial charge in [0.2, 0.25) is 5.06 Å². The van der Waals surface area contributed by atoms with E-state index in [1.165, 1.54) is 11.5 Å². The molecule has 0 saturated carbocycles. The van der Waals surface area contributed by atoms with E-state index in [0.717, 1.165) is 22.1 Å². The van der Waals surface area contributed by atoms with Crippen LogP contribution >= 0.6 is 22.9 Å². The van der Waals surface area contributed by atoms with Gasteiger partial charge in [0, 0.05) is 11.5 Å². The van der Waals surface area contributed by atoms with E-state index in [4.69, 9.17) is 9.47 Å². The van der Waals surface area contributed by atoms with Gasteiger partial charge in [-0.15, -0.1) is 16.4 Å². The van der Waals surface area contributed by atoms with Crippen LogP contribution in [0.15, 0.2) is 41.8 Å². The predicted octanol–water partition coefficient (Wildman–Crippen LogP) is 4.07. The van der Waals surface area contributed by atoms with Crippen molar-refractivity contribution >= 4 is 22.9 Å². The second kappa shape index (κ2) is 5.38. The Morgan fingerprint density at radius 1 is 1.05 bits per heavy atom. The molecule has 0 aliphatic heterocycles. The largest absolute Gasteiger partial charge is 0.497 e. The zero-order chi connectivity index (χ0) is 13.1. The molecule has 19 heavy (non-hydrogen) atoms. The number of thiophene rings is 1. The lowest BCUT2D eigenvalue weighted by Gasteiger charge is -2.04. The number of ether oxygens (including phenoxy) is 2. The molecule has 0 radical (unpaired) electrons. The Bertz CT molecular complexity index is 648. The molecule has 0 aliphatic carbocycles. The van der Waals surface area contributed by atoms with Crippen LogP contribution in [0.4, 0.5) is 0 Å². The highest BCUT2D eigenvalue weighted by atomic mass is 32.1. The van der Waals surface area contributed by atoms with Gasteiger partial charge in [-0.05, 0) is 35.7 Å². The summed E-state index contributed by atoms with van der Waals surface area (Å²) >= 11 is 2.86. The van der Waals surface area contributed by atoms with Gasteiger partial charge in [0.25, 0.3) is 0 Å². The van der Waals surface area contributed by atoms with E-state index >= 15 is 0 Å². The molecule has 0 atom stereocenters. The average molecular weight is 290 g/mol. The fraction of sp³-hybridized carbons (Fsp3) is 0.0769. The lowest BCUT2D eigenvalue weighted by atomic mass is 10.3. The van der Waals surface area contributed by atoms with Gasteiger partial charge in [-0.1, -0.05) is 10.6 Å². The monoisotopic (exact) mass is 290 g/mol. The van der Waals surface area contributed by atoms with Crippen molar-refractivity contribution < 1.29 is 9.47 Å². The third-order valence-electron chi connectivity index (χ3n) is 2.48. The quantitative estimate of drug-likeness (QED) is 0.726. The maximum Gasteiger partial charge on any atom is 0.229 e. The predicted molar refractivity (Wildman–Crippen MR) is 76.3 cm³/mol. The van der Waals surface area contributed by atoms with E-state index < -0.39 is 0 Å². The van der Waals surface area contributed by atoms with Crippen LogP contribution in [0.5, 0.6) is 16.6 Å². The van der Waals surface area contributed by atoms with Gasteiger partial charge in [-0.25, -0.2) is 0 Å². The van der Waals surface area contributed by atoms with Gasteiger partial charge >= 0.3 is 0 Å². The van der Waals surface area contributed by atoms with Crippen LogP contribution in [-0.4, -0.2) is 16.7 Å². The fourth-order valence-corrected chi connectivity index (χ4v) is 2.90. The number of benzene rings is 1. The third kappa shape index (κ3) is 2.59. The number of aromatic nitrogens is 2. The summed E-state index contributed by atoms with van der Waals surface area (Å²) < 4.78 is 14.9. The number of hydrogen-bond acceptors (Lipinski definition) is 6.